The summed E-state index contributed by atoms with van der Waals surface area (Å²) < 4.78 is 0. The van der Waals surface area contributed by atoms with Crippen molar-refractivity contribution < 1.29 is 0 Å². The maximum absolute atomic E-state index is 3.61. The minimum atomic E-state index is 0.564. The van der Waals surface area contributed by atoms with E-state index >= 15 is 0 Å². The van der Waals surface area contributed by atoms with Gasteiger partial charge in [-0.1, -0.05) is 13.8 Å². The Labute approximate surface area is 75.9 Å². The summed E-state index contributed by atoms with van der Waals surface area (Å²) in [5.74, 6) is 2.05. The van der Waals surface area contributed by atoms with Crippen molar-refractivity contribution in [1.29, 1.82) is 0 Å². The molecule has 0 radical (unpaired) electrons. The van der Waals surface area contributed by atoms with Gasteiger partial charge in [0, 0.05) is 6.54 Å². The van der Waals surface area contributed by atoms with E-state index in [0.29, 0.717) is 5.41 Å². The Hall–Kier alpha value is -0.0400. The Morgan fingerprint density at radius 3 is 2.33 bits per heavy atom. The van der Waals surface area contributed by atoms with Crippen molar-refractivity contribution in [3.05, 3.63) is 0 Å². The van der Waals surface area contributed by atoms with Crippen LogP contribution >= 0.6 is 0 Å². The van der Waals surface area contributed by atoms with Crippen LogP contribution in [0.3, 0.4) is 0 Å². The molecule has 0 unspecified atom stereocenters. The second kappa shape index (κ2) is 3.02. The minimum Gasteiger partial charge on any atom is -0.316 e. The third-order valence-corrected chi connectivity index (χ3v) is 3.39. The Bertz CT molecular complexity index is 154. The lowest BCUT2D eigenvalue weighted by Crippen LogP contribution is -2.32. The van der Waals surface area contributed by atoms with Crippen LogP contribution in [0.5, 0.6) is 0 Å². The van der Waals surface area contributed by atoms with Gasteiger partial charge in [0.05, 0.1) is 0 Å². The number of hydrogen-bond acceptors (Lipinski definition) is 1. The van der Waals surface area contributed by atoms with Gasteiger partial charge in [0.2, 0.25) is 0 Å². The molecule has 70 valence electrons. The van der Waals surface area contributed by atoms with Crippen LogP contribution in [0.15, 0.2) is 0 Å². The molecule has 2 aliphatic rings. The highest BCUT2D eigenvalue weighted by Crippen LogP contribution is 2.44. The summed E-state index contributed by atoms with van der Waals surface area (Å²) >= 11 is 0. The standard InChI is InChI=1S/C11H21N/c1-11(2,10-5-6-10)8-12-7-9-3-4-9/h9-10,12H,3-8H2,1-2H3. The number of hydrogen-bond donors (Lipinski definition) is 1. The van der Waals surface area contributed by atoms with Gasteiger partial charge in [-0.15, -0.1) is 0 Å². The molecule has 0 spiro atoms. The van der Waals surface area contributed by atoms with Gasteiger partial charge in [-0.25, -0.2) is 0 Å². The topological polar surface area (TPSA) is 12.0 Å². The van der Waals surface area contributed by atoms with Gasteiger partial charge >= 0.3 is 0 Å². The molecule has 0 aromatic carbocycles. The average Bonchev–Trinajstić information content (AvgIpc) is 2.84. The molecule has 1 heteroatoms. The fourth-order valence-corrected chi connectivity index (χ4v) is 1.93. The molecule has 1 N–H and O–H groups in total. The lowest BCUT2D eigenvalue weighted by Gasteiger charge is -2.24. The molecule has 0 atom stereocenters. The van der Waals surface area contributed by atoms with E-state index in [0.717, 1.165) is 11.8 Å². The van der Waals surface area contributed by atoms with Crippen LogP contribution in [-0.2, 0) is 0 Å². The van der Waals surface area contributed by atoms with Gasteiger partial charge in [-0.05, 0) is 49.5 Å². The van der Waals surface area contributed by atoms with E-state index in [1.165, 1.54) is 38.8 Å². The van der Waals surface area contributed by atoms with E-state index in [1.807, 2.05) is 0 Å². The summed E-state index contributed by atoms with van der Waals surface area (Å²) in [5.41, 5.74) is 0.564. The van der Waals surface area contributed by atoms with Crippen molar-refractivity contribution in [3.8, 4) is 0 Å². The fourth-order valence-electron chi connectivity index (χ4n) is 1.93. The van der Waals surface area contributed by atoms with Crippen LogP contribution in [0, 0.1) is 17.3 Å². The maximum atomic E-state index is 3.61. The second-order valence-corrected chi connectivity index (χ2v) is 5.34. The van der Waals surface area contributed by atoms with Crippen molar-refractivity contribution in [1.82, 2.24) is 5.32 Å². The summed E-state index contributed by atoms with van der Waals surface area (Å²) in [4.78, 5) is 0. The first kappa shape index (κ1) is 8.55. The smallest absolute Gasteiger partial charge is 0.000528 e. The van der Waals surface area contributed by atoms with Crippen LogP contribution in [-0.4, -0.2) is 13.1 Å². The molecule has 0 saturated heterocycles. The summed E-state index contributed by atoms with van der Waals surface area (Å²) in [6.45, 7) is 7.32. The van der Waals surface area contributed by atoms with E-state index < -0.39 is 0 Å². The van der Waals surface area contributed by atoms with Gasteiger partial charge in [-0.3, -0.25) is 0 Å². The van der Waals surface area contributed by atoms with Crippen LogP contribution in [0.4, 0.5) is 0 Å². The maximum Gasteiger partial charge on any atom is 0.000528 e. The lowest BCUT2D eigenvalue weighted by molar-refractivity contribution is 0.290. The van der Waals surface area contributed by atoms with Crippen molar-refractivity contribution in [3.63, 3.8) is 0 Å². The Morgan fingerprint density at radius 1 is 1.17 bits per heavy atom. The van der Waals surface area contributed by atoms with Crippen molar-refractivity contribution in [2.75, 3.05) is 13.1 Å². The second-order valence-electron chi connectivity index (χ2n) is 5.34. The largest absolute Gasteiger partial charge is 0.316 e. The molecule has 12 heavy (non-hydrogen) atoms. The monoisotopic (exact) mass is 167 g/mol. The summed E-state index contributed by atoms with van der Waals surface area (Å²) in [5, 5.41) is 3.61. The lowest BCUT2D eigenvalue weighted by atomic mass is 9.87. The molecule has 2 rings (SSSR count). The highest BCUT2D eigenvalue weighted by Gasteiger charge is 2.37. The number of rotatable bonds is 5. The first-order chi connectivity index (χ1) is 5.68. The molecule has 0 bridgehead atoms. The first-order valence-corrected chi connectivity index (χ1v) is 5.39. The summed E-state index contributed by atoms with van der Waals surface area (Å²) in [7, 11) is 0. The normalized spacial score (nSPS) is 24.5. The highest BCUT2D eigenvalue weighted by molar-refractivity contribution is 4.89. The summed E-state index contributed by atoms with van der Waals surface area (Å²) in [6.07, 6.45) is 5.88. The molecule has 0 amide bonds. The van der Waals surface area contributed by atoms with E-state index in [9.17, 15) is 0 Å². The minimum absolute atomic E-state index is 0.564. The van der Waals surface area contributed by atoms with Gasteiger partial charge in [-0.2, -0.15) is 0 Å². The van der Waals surface area contributed by atoms with Crippen LogP contribution < -0.4 is 5.32 Å². The molecule has 0 heterocycles. The predicted molar refractivity (Wildman–Crippen MR) is 52.1 cm³/mol. The van der Waals surface area contributed by atoms with E-state index in [4.69, 9.17) is 0 Å². The van der Waals surface area contributed by atoms with E-state index in [-0.39, 0.29) is 0 Å². The third kappa shape index (κ3) is 2.22. The van der Waals surface area contributed by atoms with Crippen LogP contribution in [0.2, 0.25) is 0 Å². The highest BCUT2D eigenvalue weighted by atomic mass is 14.9. The number of nitrogens with one attached hydrogen (secondary N) is 1. The van der Waals surface area contributed by atoms with Crippen molar-refractivity contribution >= 4 is 0 Å². The van der Waals surface area contributed by atoms with Gasteiger partial charge in [0.15, 0.2) is 0 Å². The molecule has 0 aromatic heterocycles. The van der Waals surface area contributed by atoms with Crippen molar-refractivity contribution in [2.45, 2.75) is 39.5 Å². The van der Waals surface area contributed by atoms with Gasteiger partial charge in [0.25, 0.3) is 0 Å². The molecule has 2 aliphatic carbocycles. The molecule has 2 saturated carbocycles. The Balaban J connectivity index is 1.62. The zero-order valence-electron chi connectivity index (χ0n) is 8.40. The average molecular weight is 167 g/mol. The van der Waals surface area contributed by atoms with Gasteiger partial charge in [0.1, 0.15) is 0 Å². The summed E-state index contributed by atoms with van der Waals surface area (Å²) in [6, 6.07) is 0. The molecule has 0 aliphatic heterocycles. The molecule has 0 aromatic rings. The SMILES string of the molecule is CC(C)(CNCC1CC1)C1CC1. The predicted octanol–water partition coefficient (Wildman–Crippen LogP) is 2.42. The fraction of sp³-hybridized carbons (Fsp3) is 1.00. The molecular weight excluding hydrogens is 146 g/mol. The zero-order valence-corrected chi connectivity index (χ0v) is 8.40. The van der Waals surface area contributed by atoms with E-state index in [2.05, 4.69) is 19.2 Å². The third-order valence-electron chi connectivity index (χ3n) is 3.39. The Morgan fingerprint density at radius 2 is 1.83 bits per heavy atom. The first-order valence-electron chi connectivity index (χ1n) is 5.39. The molecular formula is C11H21N. The van der Waals surface area contributed by atoms with Gasteiger partial charge < -0.3 is 5.32 Å². The van der Waals surface area contributed by atoms with Crippen LogP contribution in [0.1, 0.15) is 39.5 Å². The van der Waals surface area contributed by atoms with Crippen LogP contribution in [0.25, 0.3) is 0 Å². The zero-order chi connectivity index (χ0) is 8.60. The Kier molecular flexibility index (Phi) is 2.16. The molecule has 1 nitrogen and oxygen atoms in total. The van der Waals surface area contributed by atoms with E-state index in [1.54, 1.807) is 0 Å². The molecule has 2 fully saturated rings. The van der Waals surface area contributed by atoms with Crippen molar-refractivity contribution in [2.24, 2.45) is 17.3 Å². The quantitative estimate of drug-likeness (QED) is 0.663.